The van der Waals surface area contributed by atoms with Gasteiger partial charge in [-0.3, -0.25) is 9.05 Å². The van der Waals surface area contributed by atoms with E-state index < -0.39 is 7.82 Å². The molecule has 0 bridgehead atoms. The Balaban J connectivity index is 3.00. The highest BCUT2D eigenvalue weighted by atomic mass is 31.2. The molecule has 1 aromatic rings. The van der Waals surface area contributed by atoms with E-state index in [4.69, 9.17) is 18.3 Å². The van der Waals surface area contributed by atoms with Crippen molar-refractivity contribution < 1.29 is 22.9 Å². The fraction of sp³-hybridized carbons (Fsp3) is 0.429. The molecule has 0 aliphatic rings. The Labute approximate surface area is 120 Å². The van der Waals surface area contributed by atoms with Gasteiger partial charge in [-0.15, -0.1) is 6.58 Å². The minimum absolute atomic E-state index is 0.230. The Morgan fingerprint density at radius 1 is 1.20 bits per heavy atom. The summed E-state index contributed by atoms with van der Waals surface area (Å²) in [6.45, 7) is 7.59. The van der Waals surface area contributed by atoms with Crippen LogP contribution in [0.3, 0.4) is 0 Å². The van der Waals surface area contributed by atoms with Crippen molar-refractivity contribution in [1.82, 2.24) is 0 Å². The molecule has 6 heteroatoms. The lowest BCUT2D eigenvalue weighted by molar-refractivity contribution is 0.166. The average Bonchev–Trinajstić information content (AvgIpc) is 2.41. The third-order valence-electron chi connectivity index (χ3n) is 2.39. The van der Waals surface area contributed by atoms with Gasteiger partial charge in [-0.05, 0) is 38.0 Å². The molecule has 1 rings (SSSR count). The number of phosphoric acid groups is 1. The summed E-state index contributed by atoms with van der Waals surface area (Å²) in [5.41, 5.74) is 1.02. The SMILES string of the molecule is C=CCc1ccc(OP(=O)(OCC)OCC)c(OC)c1. The van der Waals surface area contributed by atoms with E-state index in [1.807, 2.05) is 6.07 Å². The summed E-state index contributed by atoms with van der Waals surface area (Å²) >= 11 is 0. The zero-order chi connectivity index (χ0) is 15.0. The van der Waals surface area contributed by atoms with E-state index in [1.165, 1.54) is 7.11 Å². The van der Waals surface area contributed by atoms with Crippen molar-refractivity contribution >= 4 is 7.82 Å². The van der Waals surface area contributed by atoms with Crippen LogP contribution in [0.1, 0.15) is 19.4 Å². The minimum atomic E-state index is -3.61. The van der Waals surface area contributed by atoms with Gasteiger partial charge in [0.1, 0.15) is 0 Å². The molecular formula is C14H21O5P. The van der Waals surface area contributed by atoms with E-state index in [2.05, 4.69) is 6.58 Å². The first-order valence-corrected chi connectivity index (χ1v) is 7.91. The molecule has 0 unspecified atom stereocenters. The van der Waals surface area contributed by atoms with Crippen LogP contribution in [0.25, 0.3) is 0 Å². The van der Waals surface area contributed by atoms with Crippen LogP contribution in [-0.2, 0) is 20.0 Å². The molecule has 0 saturated heterocycles. The van der Waals surface area contributed by atoms with Crippen LogP contribution >= 0.6 is 7.82 Å². The largest absolute Gasteiger partial charge is 0.530 e. The third-order valence-corrected chi connectivity index (χ3v) is 3.96. The zero-order valence-electron chi connectivity index (χ0n) is 12.1. The molecule has 1 aromatic carbocycles. The topological polar surface area (TPSA) is 54.0 Å². The zero-order valence-corrected chi connectivity index (χ0v) is 13.0. The average molecular weight is 300 g/mol. The van der Waals surface area contributed by atoms with Crippen LogP contribution in [0.5, 0.6) is 11.5 Å². The lowest BCUT2D eigenvalue weighted by atomic mass is 10.1. The molecule has 0 fully saturated rings. The van der Waals surface area contributed by atoms with Gasteiger partial charge < -0.3 is 9.26 Å². The summed E-state index contributed by atoms with van der Waals surface area (Å²) < 4.78 is 33.1. The second kappa shape index (κ2) is 8.10. The van der Waals surface area contributed by atoms with E-state index in [-0.39, 0.29) is 13.2 Å². The molecule has 0 aliphatic heterocycles. The van der Waals surface area contributed by atoms with Gasteiger partial charge in [-0.2, -0.15) is 0 Å². The van der Waals surface area contributed by atoms with Crippen molar-refractivity contribution in [2.45, 2.75) is 20.3 Å². The predicted octanol–water partition coefficient (Wildman–Crippen LogP) is 3.98. The van der Waals surface area contributed by atoms with E-state index in [1.54, 1.807) is 32.1 Å². The molecule has 112 valence electrons. The normalized spacial score (nSPS) is 11.2. The summed E-state index contributed by atoms with van der Waals surface area (Å²) in [5, 5.41) is 0. The highest BCUT2D eigenvalue weighted by molar-refractivity contribution is 7.48. The fourth-order valence-corrected chi connectivity index (χ4v) is 2.81. The number of benzene rings is 1. The summed E-state index contributed by atoms with van der Waals surface area (Å²) in [5.74, 6) is 0.800. The lowest BCUT2D eigenvalue weighted by Gasteiger charge is -2.18. The number of phosphoric ester groups is 1. The second-order valence-corrected chi connectivity index (χ2v) is 5.45. The summed E-state index contributed by atoms with van der Waals surface area (Å²) in [6, 6.07) is 5.34. The van der Waals surface area contributed by atoms with Crippen molar-refractivity contribution in [1.29, 1.82) is 0 Å². The fourth-order valence-electron chi connectivity index (χ4n) is 1.61. The first kappa shape index (κ1) is 16.8. The molecular weight excluding hydrogens is 279 g/mol. The van der Waals surface area contributed by atoms with Gasteiger partial charge in [0.15, 0.2) is 11.5 Å². The van der Waals surface area contributed by atoms with E-state index in [0.717, 1.165) is 5.56 Å². The van der Waals surface area contributed by atoms with Gasteiger partial charge in [-0.25, -0.2) is 4.57 Å². The maximum Gasteiger partial charge on any atom is 0.530 e. The quantitative estimate of drug-likeness (QED) is 0.510. The molecule has 0 heterocycles. The summed E-state index contributed by atoms with van der Waals surface area (Å²) in [6.07, 6.45) is 2.51. The van der Waals surface area contributed by atoms with Crippen molar-refractivity contribution in [2.24, 2.45) is 0 Å². The Hall–Kier alpha value is -1.29. The van der Waals surface area contributed by atoms with E-state index >= 15 is 0 Å². The molecule has 0 N–H and O–H groups in total. The third kappa shape index (κ3) is 4.67. The van der Waals surface area contributed by atoms with Gasteiger partial charge in [0.2, 0.25) is 0 Å². The van der Waals surface area contributed by atoms with Crippen molar-refractivity contribution in [3.05, 3.63) is 36.4 Å². The van der Waals surface area contributed by atoms with Gasteiger partial charge in [0.05, 0.1) is 20.3 Å². The smallest absolute Gasteiger partial charge is 0.493 e. The maximum atomic E-state index is 12.3. The Bertz CT molecular complexity index is 476. The monoisotopic (exact) mass is 300 g/mol. The first-order valence-electron chi connectivity index (χ1n) is 6.45. The molecule has 20 heavy (non-hydrogen) atoms. The van der Waals surface area contributed by atoms with Gasteiger partial charge in [0.25, 0.3) is 0 Å². The molecule has 0 aromatic heterocycles. The molecule has 0 spiro atoms. The molecule has 0 atom stereocenters. The van der Waals surface area contributed by atoms with Crippen molar-refractivity contribution in [3.63, 3.8) is 0 Å². The molecule has 5 nitrogen and oxygen atoms in total. The van der Waals surface area contributed by atoms with Gasteiger partial charge in [-0.1, -0.05) is 12.1 Å². The molecule has 0 amide bonds. The highest BCUT2D eigenvalue weighted by Crippen LogP contribution is 2.51. The van der Waals surface area contributed by atoms with Gasteiger partial charge >= 0.3 is 7.82 Å². The van der Waals surface area contributed by atoms with Crippen molar-refractivity contribution in [3.8, 4) is 11.5 Å². The molecule has 0 radical (unpaired) electrons. The molecule has 0 saturated carbocycles. The van der Waals surface area contributed by atoms with Crippen LogP contribution in [0.2, 0.25) is 0 Å². The predicted molar refractivity (Wildman–Crippen MR) is 78.4 cm³/mol. The Morgan fingerprint density at radius 2 is 1.85 bits per heavy atom. The summed E-state index contributed by atoms with van der Waals surface area (Å²) in [7, 11) is -2.09. The Morgan fingerprint density at radius 3 is 2.35 bits per heavy atom. The summed E-state index contributed by atoms with van der Waals surface area (Å²) in [4.78, 5) is 0. The number of hydrogen-bond acceptors (Lipinski definition) is 5. The van der Waals surface area contributed by atoms with Crippen LogP contribution in [0.15, 0.2) is 30.9 Å². The number of allylic oxidation sites excluding steroid dienone is 1. The molecule has 0 aliphatic carbocycles. The Kier molecular flexibility index (Phi) is 6.79. The van der Waals surface area contributed by atoms with E-state index in [0.29, 0.717) is 17.9 Å². The highest BCUT2D eigenvalue weighted by Gasteiger charge is 2.28. The lowest BCUT2D eigenvalue weighted by Crippen LogP contribution is -2.03. The minimum Gasteiger partial charge on any atom is -0.493 e. The standard InChI is InChI=1S/C14H21O5P/c1-5-8-12-9-10-13(14(11-12)16-4)19-20(15,17-6-2)18-7-3/h5,9-11H,1,6-8H2,2-4H3. The van der Waals surface area contributed by atoms with Crippen LogP contribution in [0, 0.1) is 0 Å². The maximum absolute atomic E-state index is 12.3. The van der Waals surface area contributed by atoms with Gasteiger partial charge in [0, 0.05) is 0 Å². The number of methoxy groups -OCH3 is 1. The number of rotatable bonds is 9. The number of ether oxygens (including phenoxy) is 1. The van der Waals surface area contributed by atoms with Crippen LogP contribution < -0.4 is 9.26 Å². The van der Waals surface area contributed by atoms with Crippen molar-refractivity contribution in [2.75, 3.05) is 20.3 Å². The second-order valence-electron chi connectivity index (χ2n) is 3.85. The number of hydrogen-bond donors (Lipinski definition) is 0. The van der Waals surface area contributed by atoms with Crippen LogP contribution in [-0.4, -0.2) is 20.3 Å². The van der Waals surface area contributed by atoms with Crippen LogP contribution in [0.4, 0.5) is 0 Å². The van der Waals surface area contributed by atoms with E-state index in [9.17, 15) is 4.57 Å². The first-order chi connectivity index (χ1) is 9.58.